The molecule has 0 spiro atoms. The van der Waals surface area contributed by atoms with Gasteiger partial charge >= 0.3 is 0 Å². The molecular weight excluding hydrogens is 334 g/mol. The molecule has 3 rings (SSSR count). The maximum absolute atomic E-state index is 12.6. The summed E-state index contributed by atoms with van der Waals surface area (Å²) in [7, 11) is 0. The first-order chi connectivity index (χ1) is 11.6. The normalized spacial score (nSPS) is 14.5. The molecule has 0 aliphatic carbocycles. The van der Waals surface area contributed by atoms with E-state index in [-0.39, 0.29) is 17.2 Å². The number of carbonyl (C=O) groups is 1. The van der Waals surface area contributed by atoms with Crippen molar-refractivity contribution in [2.75, 3.05) is 31.1 Å². The summed E-state index contributed by atoms with van der Waals surface area (Å²) in [5.41, 5.74) is -0.221. The van der Waals surface area contributed by atoms with E-state index in [0.717, 1.165) is 5.82 Å². The van der Waals surface area contributed by atoms with Crippen molar-refractivity contribution in [1.82, 2.24) is 15.1 Å². The molecule has 0 atom stereocenters. The van der Waals surface area contributed by atoms with Gasteiger partial charge in [0, 0.05) is 43.5 Å². The number of hydrogen-bond acceptors (Lipinski definition) is 6. The van der Waals surface area contributed by atoms with Crippen LogP contribution in [0.4, 0.5) is 11.5 Å². The molecular formula is C15H14ClN5O3. The van der Waals surface area contributed by atoms with Gasteiger partial charge in [-0.3, -0.25) is 14.9 Å². The Morgan fingerprint density at radius 1 is 1.21 bits per heavy atom. The Morgan fingerprint density at radius 3 is 2.58 bits per heavy atom. The van der Waals surface area contributed by atoms with Gasteiger partial charge in [0.15, 0.2) is 5.82 Å². The van der Waals surface area contributed by atoms with E-state index in [1.807, 2.05) is 11.0 Å². The fraction of sp³-hybridized carbons (Fsp3) is 0.267. The number of benzene rings is 1. The van der Waals surface area contributed by atoms with Crippen molar-refractivity contribution in [2.24, 2.45) is 0 Å². The zero-order valence-electron chi connectivity index (χ0n) is 12.6. The van der Waals surface area contributed by atoms with Gasteiger partial charge in [-0.2, -0.15) is 5.10 Å². The third-order valence-electron chi connectivity index (χ3n) is 3.83. The largest absolute Gasteiger partial charge is 0.352 e. The van der Waals surface area contributed by atoms with E-state index in [2.05, 4.69) is 10.2 Å². The van der Waals surface area contributed by atoms with Crippen molar-refractivity contribution >= 4 is 29.0 Å². The molecule has 0 bridgehead atoms. The molecule has 8 nitrogen and oxygen atoms in total. The van der Waals surface area contributed by atoms with Crippen molar-refractivity contribution in [2.45, 2.75) is 0 Å². The van der Waals surface area contributed by atoms with Gasteiger partial charge in [0.25, 0.3) is 11.6 Å². The van der Waals surface area contributed by atoms with Crippen LogP contribution in [0.3, 0.4) is 0 Å². The number of rotatable bonds is 3. The molecule has 2 aromatic rings. The number of nitro groups is 1. The van der Waals surface area contributed by atoms with Crippen LogP contribution in [0.2, 0.25) is 5.02 Å². The quantitative estimate of drug-likeness (QED) is 0.622. The summed E-state index contributed by atoms with van der Waals surface area (Å²) >= 11 is 5.89. The molecule has 1 saturated heterocycles. The second-order valence-electron chi connectivity index (χ2n) is 5.28. The van der Waals surface area contributed by atoms with Crippen LogP contribution in [0.25, 0.3) is 0 Å². The number of hydrogen-bond donors (Lipinski definition) is 0. The van der Waals surface area contributed by atoms with Crippen LogP contribution in [0, 0.1) is 10.1 Å². The summed E-state index contributed by atoms with van der Waals surface area (Å²) in [6.07, 6.45) is 1.60. The highest BCUT2D eigenvalue weighted by molar-refractivity contribution is 6.31. The smallest absolute Gasteiger partial charge is 0.282 e. The van der Waals surface area contributed by atoms with Gasteiger partial charge in [0.05, 0.1) is 4.92 Å². The minimum absolute atomic E-state index is 0.0143. The van der Waals surface area contributed by atoms with Crippen LogP contribution >= 0.6 is 11.6 Å². The van der Waals surface area contributed by atoms with Crippen LogP contribution in [-0.4, -0.2) is 52.1 Å². The Hall–Kier alpha value is -2.74. The first-order valence-electron chi connectivity index (χ1n) is 7.32. The highest BCUT2D eigenvalue weighted by atomic mass is 35.5. The number of halogens is 1. The lowest BCUT2D eigenvalue weighted by Gasteiger charge is -2.35. The molecule has 0 N–H and O–H groups in total. The van der Waals surface area contributed by atoms with Crippen LogP contribution in [-0.2, 0) is 0 Å². The number of anilines is 1. The molecule has 0 radical (unpaired) electrons. The molecule has 9 heteroatoms. The zero-order chi connectivity index (χ0) is 17.1. The number of nitrogens with zero attached hydrogens (tertiary/aromatic N) is 5. The molecule has 0 unspecified atom stereocenters. The maximum Gasteiger partial charge on any atom is 0.282 e. The van der Waals surface area contributed by atoms with Crippen molar-refractivity contribution in [1.29, 1.82) is 0 Å². The molecule has 1 fully saturated rings. The summed E-state index contributed by atoms with van der Waals surface area (Å²) in [5.74, 6) is 0.362. The van der Waals surface area contributed by atoms with Gasteiger partial charge < -0.3 is 9.80 Å². The Balaban J connectivity index is 1.74. The standard InChI is InChI=1S/C15H14ClN5O3/c16-11-3-4-13(21(23)24)12(10-11)15(22)20-8-6-19(7-9-20)14-2-1-5-17-18-14/h1-5,10H,6-9H2. The minimum Gasteiger partial charge on any atom is -0.352 e. The molecule has 124 valence electrons. The maximum atomic E-state index is 12.6. The van der Waals surface area contributed by atoms with Crippen LogP contribution in [0.5, 0.6) is 0 Å². The minimum atomic E-state index is -0.570. The van der Waals surface area contributed by atoms with E-state index >= 15 is 0 Å². The van der Waals surface area contributed by atoms with E-state index in [1.54, 1.807) is 17.2 Å². The number of nitro benzene ring substituents is 1. The van der Waals surface area contributed by atoms with Crippen molar-refractivity contribution < 1.29 is 9.72 Å². The highest BCUT2D eigenvalue weighted by Gasteiger charge is 2.28. The van der Waals surface area contributed by atoms with Gasteiger partial charge in [0.1, 0.15) is 5.56 Å². The van der Waals surface area contributed by atoms with Gasteiger partial charge in [-0.1, -0.05) is 11.6 Å². The molecule has 2 heterocycles. The van der Waals surface area contributed by atoms with Crippen molar-refractivity contribution in [3.63, 3.8) is 0 Å². The lowest BCUT2D eigenvalue weighted by Crippen LogP contribution is -2.49. The van der Waals surface area contributed by atoms with Gasteiger partial charge in [-0.25, -0.2) is 0 Å². The number of aromatic nitrogens is 2. The lowest BCUT2D eigenvalue weighted by atomic mass is 10.1. The molecule has 1 aliphatic rings. The first-order valence-corrected chi connectivity index (χ1v) is 7.70. The van der Waals surface area contributed by atoms with E-state index in [4.69, 9.17) is 11.6 Å². The first kappa shape index (κ1) is 16.1. The van der Waals surface area contributed by atoms with Crippen molar-refractivity contribution in [3.8, 4) is 0 Å². The fourth-order valence-electron chi connectivity index (χ4n) is 2.61. The molecule has 1 amide bonds. The molecule has 0 saturated carbocycles. The third kappa shape index (κ3) is 3.28. The predicted molar refractivity (Wildman–Crippen MR) is 88.3 cm³/mol. The molecule has 1 aromatic carbocycles. The molecule has 1 aromatic heterocycles. The monoisotopic (exact) mass is 347 g/mol. The second-order valence-corrected chi connectivity index (χ2v) is 5.72. The summed E-state index contributed by atoms with van der Waals surface area (Å²) in [4.78, 5) is 26.8. The Morgan fingerprint density at radius 2 is 1.96 bits per heavy atom. The van der Waals surface area contributed by atoms with Crippen LogP contribution < -0.4 is 4.90 Å². The second kappa shape index (κ2) is 6.79. The third-order valence-corrected chi connectivity index (χ3v) is 4.07. The zero-order valence-corrected chi connectivity index (χ0v) is 13.4. The van der Waals surface area contributed by atoms with Gasteiger partial charge in [-0.15, -0.1) is 5.10 Å². The molecule has 1 aliphatic heterocycles. The average Bonchev–Trinajstić information content (AvgIpc) is 2.61. The van der Waals surface area contributed by atoms with E-state index in [0.29, 0.717) is 31.2 Å². The fourth-order valence-corrected chi connectivity index (χ4v) is 2.78. The van der Waals surface area contributed by atoms with E-state index in [1.165, 1.54) is 18.2 Å². The average molecular weight is 348 g/mol. The lowest BCUT2D eigenvalue weighted by molar-refractivity contribution is -0.385. The molecule has 24 heavy (non-hydrogen) atoms. The van der Waals surface area contributed by atoms with Crippen molar-refractivity contribution in [3.05, 3.63) is 57.2 Å². The Labute approximate surface area is 142 Å². The Kier molecular flexibility index (Phi) is 4.57. The summed E-state index contributed by atoms with van der Waals surface area (Å²) in [6, 6.07) is 7.66. The number of amides is 1. The van der Waals surface area contributed by atoms with E-state index < -0.39 is 4.92 Å². The SMILES string of the molecule is O=C(c1cc(Cl)ccc1[N+](=O)[O-])N1CCN(c2cccnn2)CC1. The van der Waals surface area contributed by atoms with Crippen LogP contribution in [0.1, 0.15) is 10.4 Å². The summed E-state index contributed by atoms with van der Waals surface area (Å²) in [5, 5.41) is 19.3. The topological polar surface area (TPSA) is 92.5 Å². The number of carbonyl (C=O) groups excluding carboxylic acids is 1. The van der Waals surface area contributed by atoms with E-state index in [9.17, 15) is 14.9 Å². The highest BCUT2D eigenvalue weighted by Crippen LogP contribution is 2.25. The Bertz CT molecular complexity index is 763. The van der Waals surface area contributed by atoms with Crippen LogP contribution in [0.15, 0.2) is 36.5 Å². The van der Waals surface area contributed by atoms with Gasteiger partial charge in [0.2, 0.25) is 0 Å². The van der Waals surface area contributed by atoms with Gasteiger partial charge in [-0.05, 0) is 24.3 Å². The summed E-state index contributed by atoms with van der Waals surface area (Å²) < 4.78 is 0. The predicted octanol–water partition coefficient (Wildman–Crippen LogP) is 2.00. The summed E-state index contributed by atoms with van der Waals surface area (Å²) in [6.45, 7) is 2.05. The number of piperazine rings is 1.